The van der Waals surface area contributed by atoms with Crippen molar-refractivity contribution < 1.29 is 65.0 Å². The molecule has 103 heavy (non-hydrogen) atoms. The highest BCUT2D eigenvalue weighted by atomic mass is 35.5. The zero-order valence-corrected chi connectivity index (χ0v) is 58.8. The molecule has 24 nitrogen and oxygen atoms in total. The number of unbranched alkanes of at least 4 members (excludes halogenated alkanes) is 2. The van der Waals surface area contributed by atoms with Gasteiger partial charge in [0.15, 0.2) is 24.2 Å². The second kappa shape index (κ2) is 31.3. The Morgan fingerprint density at radius 3 is 1.32 bits per heavy atom. The standard InChI is InChI=1S/C69H60Cl6F4N14O10/c1-34-82-66(92(86-34)50-26-40(70)16-18-42(50)72)64-62(58(60-52(100-64)30-98-68(102-60)36-12-6-3-7-13-36)90-28-48(84-88-90)38-22-44(76)56(74)45(77)23-38)96-32-54(94)80-20-10-5-11-21-81-55(95)33-97-63-59(91-29-49(85-89-91)39-24-46(78)57(75)47(79)25-39)61-53(31-99-69(103-61)37-14-8-4-9-15-37)101-65(63)67-83-35(2)87-93(67)51-27-41(71)17-19-43(51)73/h3-4,6-9,12-19,22-29,52-53,58-65,68-69H,5,10-11,20-21,30-33H2,1-2H3,(H,80,94)(H,81,95)/t52-,53+,58+,59-,60+,61-,62-,63+,64-,65+,68+,69-. The van der Waals surface area contributed by atoms with Gasteiger partial charge in [-0.15, -0.1) is 10.2 Å². The summed E-state index contributed by atoms with van der Waals surface area (Å²) in [6.45, 7) is 2.64. The van der Waals surface area contributed by atoms with Gasteiger partial charge >= 0.3 is 0 Å². The maximum Gasteiger partial charge on any atom is 0.246 e. The first-order valence-electron chi connectivity index (χ1n) is 32.4. The van der Waals surface area contributed by atoms with Crippen LogP contribution in [0.5, 0.6) is 0 Å². The molecule has 14 rings (SSSR count). The number of nitrogens with one attached hydrogen (secondary N) is 2. The van der Waals surface area contributed by atoms with Crippen LogP contribution in [0.15, 0.2) is 134 Å². The first-order chi connectivity index (χ1) is 49.8. The Morgan fingerprint density at radius 2 is 0.922 bits per heavy atom. The van der Waals surface area contributed by atoms with Gasteiger partial charge in [0.1, 0.15) is 130 Å². The van der Waals surface area contributed by atoms with Crippen LogP contribution in [0.1, 0.15) is 90.6 Å². The SMILES string of the molecule is Cc1nc([C@H]2O[C@H]3CO[C@@H](c4ccccc4)O[C@H]3[C@@H](n3cc(-c4cc(F)c(Cl)c(F)c4)nn3)[C@@H]2OCC(=O)NCCCCCNC(=O)CO[C@@H]2[C@@H](n3cc(-c4cc(F)c(Cl)c(F)c4)nn3)[C@H]3O[C@@H](c4ccccc4)OC[C@H]3O[C@H]2c2nc(C)nn2-c2cc(Cl)ccc2Cl)n(-c2cc(Cl)ccc2Cl)n1. The first kappa shape index (κ1) is 71.9. The van der Waals surface area contributed by atoms with Crippen molar-refractivity contribution in [3.63, 3.8) is 0 Å². The predicted octanol–water partition coefficient (Wildman–Crippen LogP) is 12.9. The molecule has 0 unspecified atom stereocenters. The van der Waals surface area contributed by atoms with E-state index < -0.39 is 132 Å². The Balaban J connectivity index is 0.677. The van der Waals surface area contributed by atoms with Crippen LogP contribution in [0.4, 0.5) is 17.6 Å². The number of ether oxygens (including phenoxy) is 8. The van der Waals surface area contributed by atoms with Gasteiger partial charge in [0, 0.05) is 45.4 Å². The third kappa shape index (κ3) is 15.6. The van der Waals surface area contributed by atoms with E-state index in [0.717, 1.165) is 24.3 Å². The summed E-state index contributed by atoms with van der Waals surface area (Å²) in [5, 5.41) is 32.7. The second-order valence-corrected chi connectivity index (χ2v) is 27.0. The molecule has 4 aliphatic heterocycles. The van der Waals surface area contributed by atoms with Gasteiger partial charge in [0.2, 0.25) is 11.8 Å². The highest BCUT2D eigenvalue weighted by Crippen LogP contribution is 2.49. The van der Waals surface area contributed by atoms with Crippen LogP contribution < -0.4 is 10.6 Å². The minimum Gasteiger partial charge on any atom is -0.363 e. The first-order valence-corrected chi connectivity index (χ1v) is 34.7. The van der Waals surface area contributed by atoms with Gasteiger partial charge in [0.25, 0.3) is 0 Å². The maximum atomic E-state index is 15.0. The van der Waals surface area contributed by atoms with E-state index >= 15 is 0 Å². The van der Waals surface area contributed by atoms with Gasteiger partial charge in [-0.25, -0.2) is 46.3 Å². The summed E-state index contributed by atoms with van der Waals surface area (Å²) in [6.07, 6.45) is -5.77. The van der Waals surface area contributed by atoms with Gasteiger partial charge in [-0.3, -0.25) is 9.59 Å². The number of aromatic nitrogens is 12. The topological polar surface area (TPSA) is 255 Å². The molecule has 2 N–H and O–H groups in total. The average Bonchev–Trinajstić information content (AvgIpc) is 1.73. The van der Waals surface area contributed by atoms with E-state index in [9.17, 15) is 27.2 Å². The minimum atomic E-state index is -1.21. The van der Waals surface area contributed by atoms with Crippen LogP contribution in [0.2, 0.25) is 30.1 Å². The summed E-state index contributed by atoms with van der Waals surface area (Å²) < 4.78 is 119. The molecule has 12 atom stereocenters. The minimum absolute atomic E-state index is 0.00827. The number of hydrogen-bond donors (Lipinski definition) is 2. The zero-order chi connectivity index (χ0) is 71.7. The molecule has 4 saturated heterocycles. The number of rotatable bonds is 22. The Morgan fingerprint density at radius 1 is 0.524 bits per heavy atom. The van der Waals surface area contributed by atoms with Crippen molar-refractivity contribution in [1.82, 2.24) is 70.2 Å². The number of hydrogen-bond acceptors (Lipinski definition) is 18. The van der Waals surface area contributed by atoms with Crippen LogP contribution in [0.25, 0.3) is 33.9 Å². The fourth-order valence-corrected chi connectivity index (χ4v) is 13.8. The molecule has 4 aliphatic rings. The number of nitrogens with zero attached hydrogens (tertiary/aromatic N) is 12. The fraction of sp³-hybridized carbons (Fsp3) is 0.333. The molecule has 34 heteroatoms. The van der Waals surface area contributed by atoms with Crippen molar-refractivity contribution in [2.45, 2.75) is 107 Å². The van der Waals surface area contributed by atoms with Crippen LogP contribution in [0.3, 0.4) is 0 Å². The molecular weight excluding hydrogens is 1470 g/mol. The number of fused-ring (bicyclic) bond motifs is 2. The molecule has 4 fully saturated rings. The number of amides is 2. The van der Waals surface area contributed by atoms with Crippen molar-refractivity contribution in [3.05, 3.63) is 222 Å². The fourth-order valence-electron chi connectivity index (χ4n) is 12.9. The third-order valence-corrected chi connectivity index (χ3v) is 19.4. The van der Waals surface area contributed by atoms with Crippen molar-refractivity contribution in [3.8, 4) is 33.9 Å². The lowest BCUT2D eigenvalue weighted by Crippen LogP contribution is -2.58. The van der Waals surface area contributed by atoms with Crippen LogP contribution in [-0.4, -0.2) is 147 Å². The number of aryl methyl sites for hydroxylation is 2. The summed E-state index contributed by atoms with van der Waals surface area (Å²) in [4.78, 5) is 37.8. The monoisotopic (exact) mass is 1530 g/mol. The van der Waals surface area contributed by atoms with Crippen molar-refractivity contribution in [2.75, 3.05) is 39.5 Å². The Bertz CT molecular complexity index is 4400. The van der Waals surface area contributed by atoms with Gasteiger partial charge in [-0.05, 0) is 93.8 Å². The van der Waals surface area contributed by atoms with Gasteiger partial charge < -0.3 is 48.5 Å². The lowest BCUT2D eigenvalue weighted by Gasteiger charge is -2.49. The van der Waals surface area contributed by atoms with E-state index in [2.05, 4.69) is 41.5 Å². The molecule has 0 saturated carbocycles. The van der Waals surface area contributed by atoms with Crippen LogP contribution in [-0.2, 0) is 47.5 Å². The largest absolute Gasteiger partial charge is 0.363 e. The molecule has 8 heterocycles. The second-order valence-electron chi connectivity index (χ2n) is 24.6. The van der Waals surface area contributed by atoms with E-state index in [-0.39, 0.29) is 70.5 Å². The van der Waals surface area contributed by atoms with E-state index in [1.807, 2.05) is 60.7 Å². The lowest BCUT2D eigenvalue weighted by atomic mass is 9.90. The summed E-state index contributed by atoms with van der Waals surface area (Å²) in [5.74, 6) is -4.05. The zero-order valence-electron chi connectivity index (χ0n) is 54.2. The molecular formula is C69H60Cl6F4N14O10. The molecule has 2 amide bonds. The predicted molar refractivity (Wildman–Crippen MR) is 366 cm³/mol. The third-order valence-electron chi connectivity index (χ3n) is 17.6. The smallest absolute Gasteiger partial charge is 0.246 e. The molecule has 0 radical (unpaired) electrons. The van der Waals surface area contributed by atoms with E-state index in [4.69, 9.17) is 117 Å². The molecule has 536 valence electrons. The number of benzene rings is 6. The summed E-state index contributed by atoms with van der Waals surface area (Å²) in [5.41, 5.74) is 2.30. The summed E-state index contributed by atoms with van der Waals surface area (Å²) in [7, 11) is 0. The maximum absolute atomic E-state index is 15.0. The number of carbonyl (C=O) groups is 2. The van der Waals surface area contributed by atoms with Gasteiger partial charge in [-0.2, -0.15) is 10.2 Å². The van der Waals surface area contributed by atoms with Crippen molar-refractivity contribution in [1.29, 1.82) is 0 Å². The molecule has 0 bridgehead atoms. The molecule has 10 aromatic rings. The van der Waals surface area contributed by atoms with Crippen molar-refractivity contribution in [2.24, 2.45) is 0 Å². The Kier molecular flexibility index (Phi) is 21.9. The highest BCUT2D eigenvalue weighted by molar-refractivity contribution is 6.35. The van der Waals surface area contributed by atoms with Gasteiger partial charge in [0.05, 0.1) is 47.0 Å². The lowest BCUT2D eigenvalue weighted by molar-refractivity contribution is -0.322. The molecule has 0 spiro atoms. The molecule has 6 aromatic carbocycles. The number of carbonyl (C=O) groups excluding carboxylic acids is 2. The quantitative estimate of drug-likeness (QED) is 0.0363. The molecule has 4 aromatic heterocycles. The average molecular weight is 1530 g/mol. The van der Waals surface area contributed by atoms with Crippen molar-refractivity contribution >= 4 is 81.4 Å². The van der Waals surface area contributed by atoms with E-state index in [0.29, 0.717) is 63.5 Å². The normalized spacial score (nSPS) is 23.3. The summed E-state index contributed by atoms with van der Waals surface area (Å²) in [6, 6.07) is 30.1. The van der Waals surface area contributed by atoms with Gasteiger partial charge in [-0.1, -0.05) is 141 Å². The van der Waals surface area contributed by atoms with Crippen LogP contribution >= 0.6 is 69.6 Å². The number of halogens is 10. The van der Waals surface area contributed by atoms with E-state index in [1.165, 1.54) is 31.1 Å². The highest BCUT2D eigenvalue weighted by Gasteiger charge is 2.56. The van der Waals surface area contributed by atoms with E-state index in [1.54, 1.807) is 50.2 Å². The Labute approximate surface area is 614 Å². The Hall–Kier alpha value is -8.04. The van der Waals surface area contributed by atoms with Crippen LogP contribution in [0, 0.1) is 37.1 Å². The summed E-state index contributed by atoms with van der Waals surface area (Å²) >= 11 is 38.4. The molecule has 0 aliphatic carbocycles.